The Hall–Kier alpha value is -8.20. The maximum atomic E-state index is 6.94. The summed E-state index contributed by atoms with van der Waals surface area (Å²) in [4.78, 5) is 0. The van der Waals surface area contributed by atoms with Crippen molar-refractivity contribution in [2.45, 2.75) is 25.2 Å². The molecule has 10 aromatic carbocycles. The topological polar surface area (TPSA) is 18.1 Å². The van der Waals surface area contributed by atoms with E-state index in [1.54, 1.807) is 0 Å². The minimum Gasteiger partial charge on any atom is -0.456 e. The molecule has 0 saturated heterocycles. The highest BCUT2D eigenvalue weighted by molar-refractivity contribution is 6.24. The maximum absolute atomic E-state index is 6.94. The zero-order valence-electron chi connectivity index (χ0n) is 36.3. The lowest BCUT2D eigenvalue weighted by atomic mass is 9.81. The van der Waals surface area contributed by atoms with Crippen molar-refractivity contribution in [3.63, 3.8) is 0 Å². The smallest absolute Gasteiger partial charge is 0.136 e. The average molecular weight is 842 g/mol. The quantitative estimate of drug-likeness (QED) is 0.158. The van der Waals surface area contributed by atoms with Crippen molar-refractivity contribution < 1.29 is 4.42 Å². The monoisotopic (exact) mass is 841 g/mol. The number of furan rings is 1. The van der Waals surface area contributed by atoms with E-state index in [0.29, 0.717) is 0 Å². The lowest BCUT2D eigenvalue weighted by Gasteiger charge is -2.23. The van der Waals surface area contributed by atoms with Crippen LogP contribution in [0.4, 0.5) is 0 Å². The second kappa shape index (κ2) is 14.7. The number of benzene rings is 10. The van der Waals surface area contributed by atoms with Gasteiger partial charge < -0.3 is 8.98 Å². The van der Waals surface area contributed by atoms with E-state index in [1.165, 1.54) is 104 Å². The summed E-state index contributed by atoms with van der Waals surface area (Å²) in [7, 11) is 0. The van der Waals surface area contributed by atoms with Crippen LogP contribution in [0.2, 0.25) is 0 Å². The maximum Gasteiger partial charge on any atom is 0.136 e. The number of nitrogens with zero attached hydrogens (tertiary/aromatic N) is 1. The van der Waals surface area contributed by atoms with Crippen LogP contribution in [0.1, 0.15) is 35.6 Å². The van der Waals surface area contributed by atoms with Gasteiger partial charge in [0.1, 0.15) is 11.2 Å². The van der Waals surface area contributed by atoms with Gasteiger partial charge in [-0.2, -0.15) is 0 Å². The Morgan fingerprint density at radius 1 is 0.470 bits per heavy atom. The molecular formula is C64H43NO. The third-order valence-corrected chi connectivity index (χ3v) is 14.6. The fourth-order valence-electron chi connectivity index (χ4n) is 11.9. The van der Waals surface area contributed by atoms with Gasteiger partial charge >= 0.3 is 0 Å². The lowest BCUT2D eigenvalue weighted by Crippen LogP contribution is -2.33. The molecule has 12 aromatic rings. The third kappa shape index (κ3) is 5.48. The number of hydrogen-bond donors (Lipinski definition) is 0. The number of fused-ring (bicyclic) bond motifs is 10. The van der Waals surface area contributed by atoms with E-state index in [9.17, 15) is 0 Å². The molecule has 1 atom stereocenters. The van der Waals surface area contributed by atoms with E-state index >= 15 is 0 Å². The Bertz CT molecular complexity index is 4020. The summed E-state index contributed by atoms with van der Waals surface area (Å²) in [5.41, 5.74) is 14.5. The van der Waals surface area contributed by atoms with Crippen molar-refractivity contribution in [1.82, 2.24) is 4.57 Å². The Kier molecular flexibility index (Phi) is 8.27. The Balaban J connectivity index is 0.975. The number of para-hydroxylation sites is 1. The van der Waals surface area contributed by atoms with Crippen LogP contribution < -0.4 is 10.6 Å². The summed E-state index contributed by atoms with van der Waals surface area (Å²) >= 11 is 0. The fourth-order valence-corrected chi connectivity index (χ4v) is 11.9. The minimum atomic E-state index is 0.196. The molecule has 0 radical (unpaired) electrons. The molecule has 2 heterocycles. The van der Waals surface area contributed by atoms with Gasteiger partial charge in [-0.05, 0) is 148 Å². The second-order valence-corrected chi connectivity index (χ2v) is 18.1. The summed E-state index contributed by atoms with van der Waals surface area (Å²) in [5.74, 6) is 0.196. The van der Waals surface area contributed by atoms with E-state index in [0.717, 1.165) is 46.8 Å². The van der Waals surface area contributed by atoms with Gasteiger partial charge in [0.25, 0.3) is 0 Å². The van der Waals surface area contributed by atoms with E-state index in [-0.39, 0.29) is 5.92 Å². The Morgan fingerprint density at radius 3 is 1.70 bits per heavy atom. The lowest BCUT2D eigenvalue weighted by molar-refractivity contribution is 0.669. The standard InChI is InChI=1S/C64H43NO/c1-3-18-40(19-4-1)60-46-23-7-9-25-48(46)62(49-26-10-8-24-47(49)60)42-35-37-54-59(39-42)66-58-33-17-31-55(64(54)58)63-52-29-13-11-27-50(52)61(51-28-12-14-30-53(51)63)41-34-36-45-44-22-15-16-32-56(44)65(57(45)38-41)43-20-5-2-6-21-43/h1-14,16-21,23-33,35-39,41H,15,22,34H2. The molecule has 0 bridgehead atoms. The van der Waals surface area contributed by atoms with Gasteiger partial charge in [-0.3, -0.25) is 0 Å². The first-order valence-corrected chi connectivity index (χ1v) is 23.3. The van der Waals surface area contributed by atoms with Gasteiger partial charge in [0.05, 0.1) is 5.35 Å². The Labute approximate surface area is 382 Å². The molecule has 2 aromatic heterocycles. The number of allylic oxidation sites excluding steroid dienone is 1. The first kappa shape index (κ1) is 37.2. The van der Waals surface area contributed by atoms with Crippen molar-refractivity contribution in [2.24, 2.45) is 0 Å². The van der Waals surface area contributed by atoms with Crippen LogP contribution in [0.5, 0.6) is 0 Å². The van der Waals surface area contributed by atoms with Crippen molar-refractivity contribution in [2.75, 3.05) is 0 Å². The summed E-state index contributed by atoms with van der Waals surface area (Å²) in [6.07, 6.45) is 12.9. The van der Waals surface area contributed by atoms with Crippen LogP contribution >= 0.6 is 0 Å². The summed E-state index contributed by atoms with van der Waals surface area (Å²) in [6.45, 7) is 0. The van der Waals surface area contributed by atoms with Gasteiger partial charge in [-0.15, -0.1) is 0 Å². The van der Waals surface area contributed by atoms with Gasteiger partial charge in [0.2, 0.25) is 0 Å². The zero-order chi connectivity index (χ0) is 43.3. The van der Waals surface area contributed by atoms with Gasteiger partial charge in [0.15, 0.2) is 0 Å². The molecule has 14 rings (SSSR count). The Morgan fingerprint density at radius 2 is 1.05 bits per heavy atom. The van der Waals surface area contributed by atoms with Crippen LogP contribution in [-0.2, 0) is 6.42 Å². The largest absolute Gasteiger partial charge is 0.456 e. The number of rotatable bonds is 5. The molecule has 0 amide bonds. The van der Waals surface area contributed by atoms with E-state index in [1.807, 2.05) is 0 Å². The molecule has 0 fully saturated rings. The average Bonchev–Trinajstić information content (AvgIpc) is 3.93. The second-order valence-electron chi connectivity index (χ2n) is 18.1. The molecular weight excluding hydrogens is 799 g/mol. The molecule has 2 aliphatic rings. The SMILES string of the molecule is C1=Cc2c(c3c(n2-c2ccccc2)=CC(c2c4ccccc4c(-c4cccc5oc6cc(-c7c8ccccc8c(-c8ccccc8)c8ccccc78)ccc6c45)c4ccccc24)CC=3)CC1. The van der Waals surface area contributed by atoms with Gasteiger partial charge in [0, 0.05) is 28.1 Å². The highest BCUT2D eigenvalue weighted by atomic mass is 16.3. The fraction of sp³-hybridized carbons (Fsp3) is 0.0625. The van der Waals surface area contributed by atoms with Crippen LogP contribution in [-0.4, -0.2) is 4.57 Å². The molecule has 0 aliphatic heterocycles. The predicted octanol–water partition coefficient (Wildman–Crippen LogP) is 15.7. The molecule has 0 spiro atoms. The number of hydrogen-bond acceptors (Lipinski definition) is 1. The first-order chi connectivity index (χ1) is 32.8. The highest BCUT2D eigenvalue weighted by Crippen LogP contribution is 2.49. The van der Waals surface area contributed by atoms with E-state index < -0.39 is 0 Å². The summed E-state index contributed by atoms with van der Waals surface area (Å²) in [6, 6.07) is 71.2. The van der Waals surface area contributed by atoms with Gasteiger partial charge in [-0.1, -0.05) is 182 Å². The molecule has 2 aliphatic carbocycles. The van der Waals surface area contributed by atoms with E-state index in [4.69, 9.17) is 4.42 Å². The van der Waals surface area contributed by atoms with Crippen molar-refractivity contribution in [1.29, 1.82) is 0 Å². The summed E-state index contributed by atoms with van der Waals surface area (Å²) < 4.78 is 9.44. The van der Waals surface area contributed by atoms with E-state index in [2.05, 4.69) is 223 Å². The number of aromatic nitrogens is 1. The summed E-state index contributed by atoms with van der Waals surface area (Å²) in [5, 5.41) is 15.1. The van der Waals surface area contributed by atoms with Crippen LogP contribution in [0.3, 0.4) is 0 Å². The molecule has 2 heteroatoms. The van der Waals surface area contributed by atoms with Crippen LogP contribution in [0.25, 0.3) is 122 Å². The molecule has 0 saturated carbocycles. The first-order valence-electron chi connectivity index (χ1n) is 23.3. The minimum absolute atomic E-state index is 0.196. The molecule has 2 nitrogen and oxygen atoms in total. The normalized spacial score (nSPS) is 14.5. The van der Waals surface area contributed by atoms with Crippen LogP contribution in [0.15, 0.2) is 205 Å². The molecule has 0 N–H and O–H groups in total. The molecule has 1 unspecified atom stereocenters. The zero-order valence-corrected chi connectivity index (χ0v) is 36.3. The van der Waals surface area contributed by atoms with Crippen molar-refractivity contribution >= 4 is 83.3 Å². The van der Waals surface area contributed by atoms with Crippen LogP contribution in [0, 0.1) is 0 Å². The highest BCUT2D eigenvalue weighted by Gasteiger charge is 2.26. The van der Waals surface area contributed by atoms with Gasteiger partial charge in [-0.25, -0.2) is 0 Å². The molecule has 310 valence electrons. The third-order valence-electron chi connectivity index (χ3n) is 14.6. The van der Waals surface area contributed by atoms with Crippen molar-refractivity contribution in [3.8, 4) is 39.1 Å². The molecule has 66 heavy (non-hydrogen) atoms. The van der Waals surface area contributed by atoms with Crippen molar-refractivity contribution in [3.05, 3.63) is 228 Å². The predicted molar refractivity (Wildman–Crippen MR) is 279 cm³/mol.